The van der Waals surface area contributed by atoms with E-state index in [1.807, 2.05) is 24.3 Å². The predicted octanol–water partition coefficient (Wildman–Crippen LogP) is 3.13. The fourth-order valence-corrected chi connectivity index (χ4v) is 5.39. The molecular weight excluding hydrogens is 504 g/mol. The van der Waals surface area contributed by atoms with Gasteiger partial charge in [0, 0.05) is 50.1 Å². The van der Waals surface area contributed by atoms with Gasteiger partial charge in [-0.3, -0.25) is 9.69 Å². The molecule has 2 atom stereocenters. The lowest BCUT2D eigenvalue weighted by Gasteiger charge is -2.35. The number of hydrogen-bond donors (Lipinski definition) is 3. The molecule has 2 aliphatic rings. The van der Waals surface area contributed by atoms with Gasteiger partial charge in [0.15, 0.2) is 0 Å². The number of hydrogen-bond acceptors (Lipinski definition) is 6. The van der Waals surface area contributed by atoms with Crippen LogP contribution in [0.25, 0.3) is 11.1 Å². The average Bonchev–Trinajstić information content (AvgIpc) is 3.44. The number of amides is 1. The summed E-state index contributed by atoms with van der Waals surface area (Å²) in [5, 5.41) is 22.8. The molecule has 5 rings (SSSR count). The van der Waals surface area contributed by atoms with Crippen LogP contribution in [0.5, 0.6) is 0 Å². The zero-order chi connectivity index (χ0) is 27.9. The highest BCUT2D eigenvalue weighted by molar-refractivity contribution is 5.80. The van der Waals surface area contributed by atoms with Crippen molar-refractivity contribution in [1.29, 1.82) is 0 Å². The van der Waals surface area contributed by atoms with Gasteiger partial charge in [-0.15, -0.1) is 0 Å². The number of aromatic nitrogens is 2. The number of benzene rings is 2. The maximum absolute atomic E-state index is 12.5. The van der Waals surface area contributed by atoms with Crippen molar-refractivity contribution in [2.75, 3.05) is 46.0 Å². The number of morpholine rings is 1. The van der Waals surface area contributed by atoms with Crippen LogP contribution in [-0.2, 0) is 9.53 Å². The van der Waals surface area contributed by atoms with Crippen molar-refractivity contribution >= 4 is 5.91 Å². The van der Waals surface area contributed by atoms with Crippen LogP contribution in [0.4, 0.5) is 0 Å². The molecule has 0 spiro atoms. The smallest absolute Gasteiger partial charge is 0.223 e. The fourth-order valence-electron chi connectivity index (χ4n) is 5.39. The SMILES string of the molecule is C[C@H](O)c1nccn1[C@@H](C#Cc1ccc(-c2ccc(C3CC(C(=O)NCCN4CCOCC4)C3)cc2)cc1)CO. The maximum Gasteiger partial charge on any atom is 0.223 e. The minimum Gasteiger partial charge on any atom is -0.393 e. The number of carbonyl (C=O) groups excluding carboxylic acids is 1. The molecule has 8 nitrogen and oxygen atoms in total. The first-order valence-electron chi connectivity index (χ1n) is 14.1. The molecule has 0 bridgehead atoms. The van der Waals surface area contributed by atoms with Crippen LogP contribution in [0.3, 0.4) is 0 Å². The van der Waals surface area contributed by atoms with Gasteiger partial charge in [0.25, 0.3) is 0 Å². The molecule has 1 saturated heterocycles. The minimum absolute atomic E-state index is 0.112. The minimum atomic E-state index is -0.738. The molecule has 1 aliphatic heterocycles. The lowest BCUT2D eigenvalue weighted by molar-refractivity contribution is -0.128. The highest BCUT2D eigenvalue weighted by Gasteiger charge is 2.35. The average molecular weight is 543 g/mol. The van der Waals surface area contributed by atoms with Gasteiger partial charge in [0.1, 0.15) is 18.0 Å². The molecule has 1 saturated carbocycles. The van der Waals surface area contributed by atoms with Gasteiger partial charge in [-0.05, 0) is 54.5 Å². The van der Waals surface area contributed by atoms with Gasteiger partial charge in [0.05, 0.1) is 19.8 Å². The molecule has 2 aromatic carbocycles. The van der Waals surface area contributed by atoms with Crippen LogP contribution in [0.15, 0.2) is 60.9 Å². The number of rotatable bonds is 9. The van der Waals surface area contributed by atoms with E-state index in [0.717, 1.165) is 62.4 Å². The second-order valence-electron chi connectivity index (χ2n) is 10.6. The molecule has 40 heavy (non-hydrogen) atoms. The molecule has 2 fully saturated rings. The Hall–Kier alpha value is -3.48. The zero-order valence-electron chi connectivity index (χ0n) is 23.0. The van der Waals surface area contributed by atoms with Crippen LogP contribution in [-0.4, -0.2) is 76.6 Å². The summed E-state index contributed by atoms with van der Waals surface area (Å²) < 4.78 is 7.08. The van der Waals surface area contributed by atoms with E-state index in [2.05, 4.69) is 51.3 Å². The summed E-state index contributed by atoms with van der Waals surface area (Å²) in [6, 6.07) is 16.2. The highest BCUT2D eigenvalue weighted by Crippen LogP contribution is 2.42. The van der Waals surface area contributed by atoms with Crippen molar-refractivity contribution in [3.05, 3.63) is 77.9 Å². The second-order valence-corrected chi connectivity index (χ2v) is 10.6. The Morgan fingerprint density at radius 3 is 2.42 bits per heavy atom. The van der Waals surface area contributed by atoms with Crippen molar-refractivity contribution in [2.24, 2.45) is 5.92 Å². The standard InChI is InChI=1S/C32H38N4O4/c1-23(38)31-33-13-15-36(31)30(22-37)11-4-24-2-5-25(6-3-24)26-7-9-27(10-8-26)28-20-29(21-28)32(39)34-12-14-35-16-18-40-19-17-35/h2-3,5-10,13,15,23,28-30,37-38H,12,14,16-22H2,1H3,(H,34,39)/t23-,28?,29?,30-/m0/s1. The van der Waals surface area contributed by atoms with E-state index in [1.165, 1.54) is 5.56 Å². The monoisotopic (exact) mass is 542 g/mol. The summed E-state index contributed by atoms with van der Waals surface area (Å²) in [7, 11) is 0. The molecule has 0 unspecified atom stereocenters. The molecule has 210 valence electrons. The van der Waals surface area contributed by atoms with Gasteiger partial charge in [0.2, 0.25) is 5.91 Å². The molecule has 0 radical (unpaired) electrons. The number of ether oxygens (including phenoxy) is 1. The van der Waals surface area contributed by atoms with Crippen LogP contribution >= 0.6 is 0 Å². The van der Waals surface area contributed by atoms with Crippen molar-refractivity contribution in [2.45, 2.75) is 37.8 Å². The van der Waals surface area contributed by atoms with E-state index in [1.54, 1.807) is 23.9 Å². The summed E-state index contributed by atoms with van der Waals surface area (Å²) in [6.07, 6.45) is 4.39. The molecule has 8 heteroatoms. The van der Waals surface area contributed by atoms with E-state index in [4.69, 9.17) is 4.74 Å². The lowest BCUT2D eigenvalue weighted by atomic mass is 9.71. The third-order valence-corrected chi connectivity index (χ3v) is 7.90. The topological polar surface area (TPSA) is 99.9 Å². The van der Waals surface area contributed by atoms with Gasteiger partial charge in [-0.25, -0.2) is 4.98 Å². The summed E-state index contributed by atoms with van der Waals surface area (Å²) in [5.41, 5.74) is 4.37. The van der Waals surface area contributed by atoms with Gasteiger partial charge >= 0.3 is 0 Å². The number of carbonyl (C=O) groups is 1. The summed E-state index contributed by atoms with van der Waals surface area (Å²) in [4.78, 5) is 19.0. The Kier molecular flexibility index (Phi) is 9.30. The number of aliphatic hydroxyl groups is 2. The molecule has 2 heterocycles. The lowest BCUT2D eigenvalue weighted by Crippen LogP contribution is -2.44. The van der Waals surface area contributed by atoms with Crippen molar-refractivity contribution in [3.8, 4) is 23.0 Å². The first-order chi connectivity index (χ1) is 19.5. The third-order valence-electron chi connectivity index (χ3n) is 7.90. The van der Waals surface area contributed by atoms with Crippen molar-refractivity contribution in [3.63, 3.8) is 0 Å². The Bertz CT molecular complexity index is 1310. The normalized spacial score (nSPS) is 20.6. The van der Waals surface area contributed by atoms with Crippen LogP contribution < -0.4 is 5.32 Å². The van der Waals surface area contributed by atoms with Crippen LogP contribution in [0.2, 0.25) is 0 Å². The van der Waals surface area contributed by atoms with Crippen LogP contribution in [0, 0.1) is 17.8 Å². The Morgan fingerprint density at radius 2 is 1.77 bits per heavy atom. The Balaban J connectivity index is 1.11. The third kappa shape index (κ3) is 6.80. The Labute approximate surface area is 236 Å². The molecule has 3 N–H and O–H groups in total. The summed E-state index contributed by atoms with van der Waals surface area (Å²) in [6.45, 7) is 6.51. The van der Waals surface area contributed by atoms with E-state index >= 15 is 0 Å². The number of nitrogens with zero attached hydrogens (tertiary/aromatic N) is 3. The molecular formula is C32H38N4O4. The molecule has 1 amide bonds. The first-order valence-corrected chi connectivity index (χ1v) is 14.1. The number of aliphatic hydroxyl groups excluding tert-OH is 2. The van der Waals surface area contributed by atoms with Crippen molar-refractivity contribution in [1.82, 2.24) is 19.8 Å². The summed E-state index contributed by atoms with van der Waals surface area (Å²) in [5.74, 6) is 7.43. The maximum atomic E-state index is 12.5. The molecule has 1 aliphatic carbocycles. The molecule has 1 aromatic heterocycles. The molecule has 3 aromatic rings. The second kappa shape index (κ2) is 13.2. The van der Waals surface area contributed by atoms with E-state index in [0.29, 0.717) is 18.3 Å². The van der Waals surface area contributed by atoms with E-state index in [-0.39, 0.29) is 18.4 Å². The quantitative estimate of drug-likeness (QED) is 0.360. The number of imidazole rings is 1. The largest absolute Gasteiger partial charge is 0.393 e. The van der Waals surface area contributed by atoms with Crippen molar-refractivity contribution < 1.29 is 19.7 Å². The summed E-state index contributed by atoms with van der Waals surface area (Å²) >= 11 is 0. The van der Waals surface area contributed by atoms with Crippen LogP contribution in [0.1, 0.15) is 54.8 Å². The Morgan fingerprint density at radius 1 is 1.10 bits per heavy atom. The first kappa shape index (κ1) is 28.1. The highest BCUT2D eigenvalue weighted by atomic mass is 16.5. The zero-order valence-corrected chi connectivity index (χ0v) is 23.0. The van der Waals surface area contributed by atoms with E-state index in [9.17, 15) is 15.0 Å². The fraction of sp³-hybridized carbons (Fsp3) is 0.438. The van der Waals surface area contributed by atoms with Gasteiger partial charge in [-0.2, -0.15) is 0 Å². The number of nitrogens with one attached hydrogen (secondary N) is 1. The van der Waals surface area contributed by atoms with Gasteiger partial charge < -0.3 is 24.8 Å². The predicted molar refractivity (Wildman–Crippen MR) is 153 cm³/mol. The van der Waals surface area contributed by atoms with Gasteiger partial charge in [-0.1, -0.05) is 48.2 Å². The van der Waals surface area contributed by atoms with E-state index < -0.39 is 12.1 Å².